The summed E-state index contributed by atoms with van der Waals surface area (Å²) in [6.07, 6.45) is 4.34. The fourth-order valence-corrected chi connectivity index (χ4v) is 5.01. The van der Waals surface area contributed by atoms with Crippen LogP contribution in [0, 0.1) is 0 Å². The number of nitrogens with one attached hydrogen (secondary N) is 4. The molecule has 0 aromatic heterocycles. The molecule has 1 saturated heterocycles. The molecule has 1 fully saturated rings. The predicted molar refractivity (Wildman–Crippen MR) is 155 cm³/mol. The van der Waals surface area contributed by atoms with Gasteiger partial charge in [-0.05, 0) is 69.0 Å². The molecular formula is C31H41N5O5. The number of hydrogen-bond acceptors (Lipinski definition) is 6. The second-order valence-corrected chi connectivity index (χ2v) is 10.7. The van der Waals surface area contributed by atoms with Crippen molar-refractivity contribution < 1.29 is 23.9 Å². The van der Waals surface area contributed by atoms with Gasteiger partial charge in [0.15, 0.2) is 0 Å². The highest BCUT2D eigenvalue weighted by Gasteiger charge is 2.25. The smallest absolute Gasteiger partial charge is 0.255 e. The minimum absolute atomic E-state index is 0.0423. The molecule has 0 saturated carbocycles. The number of benzene rings is 2. The molecule has 10 nitrogen and oxygen atoms in total. The van der Waals surface area contributed by atoms with Gasteiger partial charge in [0.05, 0.1) is 12.2 Å². The van der Waals surface area contributed by atoms with E-state index in [-0.39, 0.29) is 37.8 Å². The van der Waals surface area contributed by atoms with Gasteiger partial charge in [-0.1, -0.05) is 42.8 Å². The van der Waals surface area contributed by atoms with Crippen LogP contribution >= 0.6 is 0 Å². The number of carbonyl (C=O) groups is 4. The van der Waals surface area contributed by atoms with E-state index in [1.165, 1.54) is 24.8 Å². The molecule has 41 heavy (non-hydrogen) atoms. The maximum Gasteiger partial charge on any atom is 0.255 e. The number of fused-ring (bicyclic) bond motifs is 1. The first-order valence-electron chi connectivity index (χ1n) is 14.6. The SMILES string of the molecule is CC1NC(=O)CC[C@@H](C(=O)NCc2ccc(CN3CCCCC3)cc2)NC(=O)c2ccccc2OCCCNC1=O. The van der Waals surface area contributed by atoms with Gasteiger partial charge in [-0.25, -0.2) is 0 Å². The largest absolute Gasteiger partial charge is 0.493 e. The first-order chi connectivity index (χ1) is 19.9. The predicted octanol–water partition coefficient (Wildman–Crippen LogP) is 2.27. The minimum atomic E-state index is -0.961. The molecule has 2 aromatic carbocycles. The van der Waals surface area contributed by atoms with E-state index in [0.29, 0.717) is 24.3 Å². The number of rotatable bonds is 5. The number of ether oxygens (including phenoxy) is 1. The van der Waals surface area contributed by atoms with Crippen LogP contribution < -0.4 is 26.0 Å². The third-order valence-corrected chi connectivity index (χ3v) is 7.41. The highest BCUT2D eigenvalue weighted by Crippen LogP contribution is 2.19. The van der Waals surface area contributed by atoms with Gasteiger partial charge >= 0.3 is 0 Å². The molecule has 220 valence electrons. The van der Waals surface area contributed by atoms with Crippen molar-refractivity contribution in [3.63, 3.8) is 0 Å². The van der Waals surface area contributed by atoms with Gasteiger partial charge < -0.3 is 26.0 Å². The molecule has 1 unspecified atom stereocenters. The second-order valence-electron chi connectivity index (χ2n) is 10.7. The summed E-state index contributed by atoms with van der Waals surface area (Å²) < 4.78 is 5.81. The summed E-state index contributed by atoms with van der Waals surface area (Å²) >= 11 is 0. The lowest BCUT2D eigenvalue weighted by Crippen LogP contribution is -2.48. The average Bonchev–Trinajstić information content (AvgIpc) is 2.98. The lowest BCUT2D eigenvalue weighted by atomic mass is 10.1. The number of para-hydroxylation sites is 1. The Balaban J connectivity index is 1.41. The summed E-state index contributed by atoms with van der Waals surface area (Å²) in [5, 5.41) is 11.1. The molecule has 0 radical (unpaired) electrons. The van der Waals surface area contributed by atoms with Crippen LogP contribution in [0.4, 0.5) is 0 Å². The third kappa shape index (κ3) is 9.31. The minimum Gasteiger partial charge on any atom is -0.493 e. The van der Waals surface area contributed by atoms with Crippen LogP contribution in [0.15, 0.2) is 48.5 Å². The van der Waals surface area contributed by atoms with E-state index in [1.807, 2.05) is 12.1 Å². The van der Waals surface area contributed by atoms with E-state index in [1.54, 1.807) is 31.2 Å². The van der Waals surface area contributed by atoms with Gasteiger partial charge in [-0.3, -0.25) is 24.1 Å². The fourth-order valence-electron chi connectivity index (χ4n) is 5.01. The number of amides is 4. The van der Waals surface area contributed by atoms with Crippen molar-refractivity contribution in [2.24, 2.45) is 0 Å². The van der Waals surface area contributed by atoms with E-state index in [4.69, 9.17) is 4.74 Å². The van der Waals surface area contributed by atoms with Crippen LogP contribution in [0.3, 0.4) is 0 Å². The van der Waals surface area contributed by atoms with Crippen molar-refractivity contribution in [1.29, 1.82) is 0 Å². The summed E-state index contributed by atoms with van der Waals surface area (Å²) in [5.74, 6) is -1.14. The third-order valence-electron chi connectivity index (χ3n) is 7.41. The van der Waals surface area contributed by atoms with E-state index >= 15 is 0 Å². The Kier molecular flexibility index (Phi) is 11.1. The van der Waals surface area contributed by atoms with Crippen molar-refractivity contribution in [2.45, 2.75) is 70.6 Å². The summed E-state index contributed by atoms with van der Waals surface area (Å²) in [7, 11) is 0. The molecule has 2 heterocycles. The Hall–Kier alpha value is -3.92. The number of piperidine rings is 1. The van der Waals surface area contributed by atoms with E-state index in [2.05, 4.69) is 38.3 Å². The summed E-state index contributed by atoms with van der Waals surface area (Å²) in [6.45, 7) is 5.74. The monoisotopic (exact) mass is 563 g/mol. The molecule has 0 spiro atoms. The van der Waals surface area contributed by atoms with Crippen LogP contribution in [-0.4, -0.2) is 66.9 Å². The quantitative estimate of drug-likeness (QED) is 0.442. The van der Waals surface area contributed by atoms with E-state index in [0.717, 1.165) is 25.2 Å². The lowest BCUT2D eigenvalue weighted by Gasteiger charge is -2.26. The van der Waals surface area contributed by atoms with Crippen LogP contribution in [0.1, 0.15) is 66.9 Å². The van der Waals surface area contributed by atoms with Gasteiger partial charge in [0.1, 0.15) is 17.8 Å². The second kappa shape index (κ2) is 15.2. The highest BCUT2D eigenvalue weighted by atomic mass is 16.5. The Bertz CT molecular complexity index is 1200. The molecule has 4 rings (SSSR count). The standard InChI is InChI=1S/C31H41N5O5/c1-22-29(38)32-16-7-19-41-27-9-4-3-8-25(27)30(39)35-26(14-15-28(37)34-22)31(40)33-20-23-10-12-24(13-11-23)21-36-17-5-2-6-18-36/h3-4,8-13,22,26H,2,5-7,14-21H2,1H3,(H,32,38)(H,33,40)(H,34,37)(H,35,39)/t22?,26-/m0/s1. The molecule has 2 aliphatic rings. The number of hydrogen-bond donors (Lipinski definition) is 4. The van der Waals surface area contributed by atoms with E-state index in [9.17, 15) is 19.2 Å². The average molecular weight is 564 g/mol. The first kappa shape index (κ1) is 30.0. The number of likely N-dealkylation sites (tertiary alicyclic amines) is 1. The van der Waals surface area contributed by atoms with Crippen LogP contribution in [0.5, 0.6) is 5.75 Å². The lowest BCUT2D eigenvalue weighted by molar-refractivity contribution is -0.129. The van der Waals surface area contributed by atoms with Gasteiger partial charge in [0.2, 0.25) is 17.7 Å². The number of carbonyl (C=O) groups excluding carboxylic acids is 4. The zero-order valence-corrected chi connectivity index (χ0v) is 23.7. The Morgan fingerprint density at radius 2 is 1.68 bits per heavy atom. The van der Waals surface area contributed by atoms with Crippen molar-refractivity contribution in [3.05, 3.63) is 65.2 Å². The van der Waals surface area contributed by atoms with Crippen LogP contribution in [-0.2, 0) is 27.5 Å². The molecule has 4 N–H and O–H groups in total. The maximum atomic E-state index is 13.3. The van der Waals surface area contributed by atoms with E-state index < -0.39 is 23.9 Å². The van der Waals surface area contributed by atoms with Crippen molar-refractivity contribution in [3.8, 4) is 5.75 Å². The summed E-state index contributed by atoms with van der Waals surface area (Å²) in [5.41, 5.74) is 2.47. The zero-order valence-electron chi connectivity index (χ0n) is 23.7. The van der Waals surface area contributed by atoms with Gasteiger partial charge in [0.25, 0.3) is 5.91 Å². The summed E-state index contributed by atoms with van der Waals surface area (Å²) in [6, 6.07) is 13.3. The summed E-state index contributed by atoms with van der Waals surface area (Å²) in [4.78, 5) is 53.9. The molecule has 2 aliphatic heterocycles. The Morgan fingerprint density at radius 3 is 2.46 bits per heavy atom. The fraction of sp³-hybridized carbons (Fsp3) is 0.484. The van der Waals surface area contributed by atoms with Gasteiger partial charge in [0, 0.05) is 26.1 Å². The molecule has 2 aromatic rings. The molecule has 4 amide bonds. The zero-order chi connectivity index (χ0) is 29.0. The molecular weight excluding hydrogens is 522 g/mol. The Labute approximate surface area is 241 Å². The van der Waals surface area contributed by atoms with Gasteiger partial charge in [-0.2, -0.15) is 0 Å². The molecule has 0 bridgehead atoms. The first-order valence-corrected chi connectivity index (χ1v) is 14.6. The molecule has 10 heteroatoms. The molecule has 0 aliphatic carbocycles. The highest BCUT2D eigenvalue weighted by molar-refractivity contribution is 5.99. The van der Waals surface area contributed by atoms with Crippen LogP contribution in [0.2, 0.25) is 0 Å². The van der Waals surface area contributed by atoms with Crippen molar-refractivity contribution in [2.75, 3.05) is 26.2 Å². The van der Waals surface area contributed by atoms with Crippen molar-refractivity contribution in [1.82, 2.24) is 26.2 Å². The maximum absolute atomic E-state index is 13.3. The Morgan fingerprint density at radius 1 is 0.951 bits per heavy atom. The molecule has 2 atom stereocenters. The van der Waals surface area contributed by atoms with Crippen LogP contribution in [0.25, 0.3) is 0 Å². The normalized spacial score (nSPS) is 21.4. The topological polar surface area (TPSA) is 129 Å². The van der Waals surface area contributed by atoms with Crippen molar-refractivity contribution >= 4 is 23.6 Å². The van der Waals surface area contributed by atoms with Gasteiger partial charge in [-0.15, -0.1) is 0 Å². The number of nitrogens with zero attached hydrogens (tertiary/aromatic N) is 1.